The van der Waals surface area contributed by atoms with E-state index >= 15 is 0 Å². The zero-order valence-electron chi connectivity index (χ0n) is 11.7. The third-order valence-electron chi connectivity index (χ3n) is 3.75. The van der Waals surface area contributed by atoms with Crippen molar-refractivity contribution < 1.29 is 0 Å². The molecule has 3 nitrogen and oxygen atoms in total. The minimum absolute atomic E-state index is 0.0406. The molecule has 0 aliphatic carbocycles. The minimum atomic E-state index is -0.0406. The quantitative estimate of drug-likeness (QED) is 0.876. The molecule has 1 atom stereocenters. The van der Waals surface area contributed by atoms with E-state index in [0.29, 0.717) is 0 Å². The molecule has 19 heavy (non-hydrogen) atoms. The summed E-state index contributed by atoms with van der Waals surface area (Å²) < 4.78 is 0. The van der Waals surface area contributed by atoms with E-state index in [2.05, 4.69) is 47.5 Å². The van der Waals surface area contributed by atoms with Crippen molar-refractivity contribution in [1.82, 2.24) is 10.2 Å². The summed E-state index contributed by atoms with van der Waals surface area (Å²) in [5.74, 6) is 0. The summed E-state index contributed by atoms with van der Waals surface area (Å²) >= 11 is 0. The van der Waals surface area contributed by atoms with Gasteiger partial charge in [0.15, 0.2) is 0 Å². The van der Waals surface area contributed by atoms with Crippen LogP contribution in [0.15, 0.2) is 24.3 Å². The molecule has 0 bridgehead atoms. The molecule has 0 aromatic heterocycles. The number of nitrogens with zero attached hydrogens (tertiary/aromatic N) is 2. The predicted molar refractivity (Wildman–Crippen MR) is 78.0 cm³/mol. The van der Waals surface area contributed by atoms with Crippen molar-refractivity contribution >= 4 is 0 Å². The molecule has 0 saturated heterocycles. The zero-order chi connectivity index (χ0) is 13.5. The van der Waals surface area contributed by atoms with E-state index < -0.39 is 0 Å². The van der Waals surface area contributed by atoms with Crippen molar-refractivity contribution in [1.29, 1.82) is 5.26 Å². The molecule has 0 saturated carbocycles. The average molecular weight is 257 g/mol. The summed E-state index contributed by atoms with van der Waals surface area (Å²) in [5, 5.41) is 12.5. The van der Waals surface area contributed by atoms with Gasteiger partial charge in [-0.25, -0.2) is 0 Å². The van der Waals surface area contributed by atoms with Crippen LogP contribution in [0.3, 0.4) is 0 Å². The van der Waals surface area contributed by atoms with Gasteiger partial charge in [-0.1, -0.05) is 31.2 Å². The van der Waals surface area contributed by atoms with Crippen LogP contribution in [-0.4, -0.2) is 37.1 Å². The first-order valence-corrected chi connectivity index (χ1v) is 7.25. The van der Waals surface area contributed by atoms with E-state index in [1.807, 2.05) is 0 Å². The van der Waals surface area contributed by atoms with Gasteiger partial charge in [0.1, 0.15) is 6.04 Å². The van der Waals surface area contributed by atoms with Crippen LogP contribution in [0.25, 0.3) is 0 Å². The number of hydrogen-bond acceptors (Lipinski definition) is 3. The fraction of sp³-hybridized carbons (Fsp3) is 0.562. The van der Waals surface area contributed by atoms with Crippen LogP contribution in [-0.2, 0) is 12.8 Å². The first-order chi connectivity index (χ1) is 9.33. The van der Waals surface area contributed by atoms with Crippen molar-refractivity contribution in [2.75, 3.05) is 26.2 Å². The van der Waals surface area contributed by atoms with Crippen LogP contribution in [0.4, 0.5) is 0 Å². The summed E-state index contributed by atoms with van der Waals surface area (Å²) in [7, 11) is 0. The number of nitriles is 1. The smallest absolute Gasteiger partial charge is 0.108 e. The summed E-state index contributed by atoms with van der Waals surface area (Å²) in [5.41, 5.74) is 2.94. The highest BCUT2D eigenvalue weighted by Crippen LogP contribution is 2.15. The first-order valence-electron chi connectivity index (χ1n) is 7.25. The molecule has 0 spiro atoms. The van der Waals surface area contributed by atoms with E-state index in [4.69, 9.17) is 0 Å². The van der Waals surface area contributed by atoms with Gasteiger partial charge >= 0.3 is 0 Å². The molecule has 1 unspecified atom stereocenters. The van der Waals surface area contributed by atoms with Crippen molar-refractivity contribution in [3.05, 3.63) is 35.4 Å². The van der Waals surface area contributed by atoms with E-state index in [1.165, 1.54) is 11.1 Å². The lowest BCUT2D eigenvalue weighted by Crippen LogP contribution is -2.41. The van der Waals surface area contributed by atoms with Gasteiger partial charge in [0.05, 0.1) is 6.07 Å². The van der Waals surface area contributed by atoms with Crippen LogP contribution in [0.1, 0.15) is 24.5 Å². The Labute approximate surface area is 116 Å². The van der Waals surface area contributed by atoms with Gasteiger partial charge in [0.25, 0.3) is 0 Å². The van der Waals surface area contributed by atoms with Crippen molar-refractivity contribution in [3.63, 3.8) is 0 Å². The molecule has 0 fully saturated rings. The van der Waals surface area contributed by atoms with E-state index in [0.717, 1.165) is 45.4 Å². The van der Waals surface area contributed by atoms with Gasteiger partial charge in [-0.15, -0.1) is 0 Å². The molecule has 1 aliphatic heterocycles. The largest absolute Gasteiger partial charge is 0.301 e. The van der Waals surface area contributed by atoms with Crippen LogP contribution in [0.5, 0.6) is 0 Å². The molecule has 1 aliphatic rings. The predicted octanol–water partition coefficient (Wildman–Crippen LogP) is 1.98. The first kappa shape index (κ1) is 14.0. The topological polar surface area (TPSA) is 39.1 Å². The molecule has 1 aromatic carbocycles. The second-order valence-electron chi connectivity index (χ2n) is 5.21. The fourth-order valence-corrected chi connectivity index (χ4v) is 2.62. The Hall–Kier alpha value is -1.37. The highest BCUT2D eigenvalue weighted by molar-refractivity contribution is 5.28. The lowest BCUT2D eigenvalue weighted by atomic mass is 10.0. The molecular weight excluding hydrogens is 234 g/mol. The summed E-state index contributed by atoms with van der Waals surface area (Å²) in [6.45, 7) is 6.01. The Morgan fingerprint density at radius 2 is 1.89 bits per heavy atom. The molecule has 3 heteroatoms. The SMILES string of the molecule is CCCNC(C#N)CN1CCc2ccccc2CC1. The number of hydrogen-bond donors (Lipinski definition) is 1. The van der Waals surface area contributed by atoms with Gasteiger partial charge in [-0.3, -0.25) is 0 Å². The highest BCUT2D eigenvalue weighted by atomic mass is 15.1. The van der Waals surface area contributed by atoms with Gasteiger partial charge in [-0.2, -0.15) is 5.26 Å². The zero-order valence-corrected chi connectivity index (χ0v) is 11.7. The standard InChI is InChI=1S/C16H23N3/c1-2-9-18-16(12-17)13-19-10-7-14-5-3-4-6-15(14)8-11-19/h3-6,16,18H,2,7-11,13H2,1H3. The molecule has 102 valence electrons. The Bertz CT molecular complexity index is 409. The van der Waals surface area contributed by atoms with Crippen LogP contribution in [0.2, 0.25) is 0 Å². The molecule has 1 heterocycles. The van der Waals surface area contributed by atoms with Crippen molar-refractivity contribution in [2.45, 2.75) is 32.2 Å². The Morgan fingerprint density at radius 1 is 1.26 bits per heavy atom. The average Bonchev–Trinajstić information content (AvgIpc) is 2.66. The van der Waals surface area contributed by atoms with Crippen molar-refractivity contribution in [3.8, 4) is 6.07 Å². The molecule has 0 amide bonds. The maximum Gasteiger partial charge on any atom is 0.108 e. The number of nitrogens with one attached hydrogen (secondary N) is 1. The van der Waals surface area contributed by atoms with E-state index in [1.54, 1.807) is 0 Å². The summed E-state index contributed by atoms with van der Waals surface area (Å²) in [4.78, 5) is 2.41. The number of rotatable bonds is 5. The minimum Gasteiger partial charge on any atom is -0.301 e. The Morgan fingerprint density at radius 3 is 2.42 bits per heavy atom. The maximum absolute atomic E-state index is 9.19. The highest BCUT2D eigenvalue weighted by Gasteiger charge is 2.16. The molecule has 1 aromatic rings. The molecular formula is C16H23N3. The Balaban J connectivity index is 1.89. The molecule has 0 radical (unpaired) electrons. The number of benzene rings is 1. The van der Waals surface area contributed by atoms with E-state index in [9.17, 15) is 5.26 Å². The third kappa shape index (κ3) is 4.05. The number of fused-ring (bicyclic) bond motifs is 1. The summed E-state index contributed by atoms with van der Waals surface area (Å²) in [6, 6.07) is 11.0. The second kappa shape index (κ2) is 7.28. The fourth-order valence-electron chi connectivity index (χ4n) is 2.62. The lowest BCUT2D eigenvalue weighted by molar-refractivity contribution is 0.269. The maximum atomic E-state index is 9.19. The van der Waals surface area contributed by atoms with Gasteiger partial charge in [0, 0.05) is 19.6 Å². The summed E-state index contributed by atoms with van der Waals surface area (Å²) in [6.07, 6.45) is 3.27. The van der Waals surface area contributed by atoms with Gasteiger partial charge in [-0.05, 0) is 36.9 Å². The van der Waals surface area contributed by atoms with Crippen molar-refractivity contribution in [2.24, 2.45) is 0 Å². The molecule has 2 rings (SSSR count). The Kier molecular flexibility index (Phi) is 5.38. The normalized spacial score (nSPS) is 17.3. The monoisotopic (exact) mass is 257 g/mol. The van der Waals surface area contributed by atoms with Crippen LogP contribution in [0, 0.1) is 11.3 Å². The van der Waals surface area contributed by atoms with E-state index in [-0.39, 0.29) is 6.04 Å². The van der Waals surface area contributed by atoms with Crippen LogP contribution >= 0.6 is 0 Å². The third-order valence-corrected chi connectivity index (χ3v) is 3.75. The second-order valence-corrected chi connectivity index (χ2v) is 5.21. The van der Waals surface area contributed by atoms with Gasteiger partial charge < -0.3 is 10.2 Å². The molecule has 1 N–H and O–H groups in total. The van der Waals surface area contributed by atoms with Gasteiger partial charge in [0.2, 0.25) is 0 Å². The van der Waals surface area contributed by atoms with Crippen LogP contribution < -0.4 is 5.32 Å². The lowest BCUT2D eigenvalue weighted by Gasteiger charge is -2.23.